The number of Topliss-reactive ketones (excluding diaryl/α,β-unsaturated/α-hetero) is 1. The third kappa shape index (κ3) is 6.61. The molecule has 0 N–H and O–H groups in total. The van der Waals surface area contributed by atoms with Gasteiger partial charge in [-0.05, 0) is 37.0 Å². The maximum absolute atomic E-state index is 11.7. The summed E-state index contributed by atoms with van der Waals surface area (Å²) in [6, 6.07) is 6.26. The van der Waals surface area contributed by atoms with Crippen molar-refractivity contribution in [3.05, 3.63) is 36.1 Å². The van der Waals surface area contributed by atoms with Crippen molar-refractivity contribution in [2.24, 2.45) is 5.92 Å². The highest BCUT2D eigenvalue weighted by Gasteiger charge is 2.37. The van der Waals surface area contributed by atoms with Crippen LogP contribution in [0.15, 0.2) is 30.5 Å². The van der Waals surface area contributed by atoms with Crippen molar-refractivity contribution in [1.82, 2.24) is 0 Å². The van der Waals surface area contributed by atoms with Gasteiger partial charge in [-0.1, -0.05) is 76.9 Å². The highest BCUT2D eigenvalue weighted by atomic mass is 16.7. The van der Waals surface area contributed by atoms with Crippen molar-refractivity contribution in [2.75, 3.05) is 6.79 Å². The lowest BCUT2D eigenvalue weighted by molar-refractivity contribution is -0.139. The van der Waals surface area contributed by atoms with Crippen LogP contribution in [-0.4, -0.2) is 18.5 Å². The Bertz CT molecular complexity index is 739. The van der Waals surface area contributed by atoms with Gasteiger partial charge in [-0.2, -0.15) is 0 Å². The van der Waals surface area contributed by atoms with E-state index < -0.39 is 11.9 Å². The lowest BCUT2D eigenvalue weighted by atomic mass is 9.97. The number of esters is 1. The van der Waals surface area contributed by atoms with E-state index in [0.29, 0.717) is 13.2 Å². The summed E-state index contributed by atoms with van der Waals surface area (Å²) < 4.78 is 15.6. The Hall–Kier alpha value is -2.30. The van der Waals surface area contributed by atoms with Crippen LogP contribution in [0.1, 0.15) is 82.6 Å². The van der Waals surface area contributed by atoms with Gasteiger partial charge in [0.25, 0.3) is 0 Å². The maximum Gasteiger partial charge on any atom is 0.322 e. The molecule has 5 nitrogen and oxygen atoms in total. The first-order chi connectivity index (χ1) is 14.6. The Balaban J connectivity index is 1.10. The second-order valence-electron chi connectivity index (χ2n) is 8.38. The molecule has 1 atom stereocenters. The molecule has 0 bridgehead atoms. The number of carbonyl (C=O) groups is 2. The molecule has 0 saturated carbocycles. The van der Waals surface area contributed by atoms with Gasteiger partial charge in [-0.25, -0.2) is 0 Å². The molecule has 2 aliphatic heterocycles. The van der Waals surface area contributed by atoms with E-state index in [1.807, 2.05) is 6.07 Å². The van der Waals surface area contributed by atoms with Crippen LogP contribution >= 0.6 is 0 Å². The molecular weight excluding hydrogens is 380 g/mol. The van der Waals surface area contributed by atoms with Crippen molar-refractivity contribution in [1.29, 1.82) is 0 Å². The first-order valence-electron chi connectivity index (χ1n) is 11.5. The number of unbranched alkanes of at least 4 members (excludes halogenated alkanes) is 10. The Morgan fingerprint density at radius 2 is 1.40 bits per heavy atom. The average molecular weight is 415 g/mol. The number of hydrogen-bond donors (Lipinski definition) is 0. The SMILES string of the molecule is C=C1OC(=O)[C@@H](CCCCCCCCCCCCCc2ccc3c(c2)OCO3)C1=O. The second-order valence-corrected chi connectivity index (χ2v) is 8.38. The molecule has 164 valence electrons. The molecule has 1 aromatic carbocycles. The summed E-state index contributed by atoms with van der Waals surface area (Å²) in [6.07, 6.45) is 15.1. The molecule has 30 heavy (non-hydrogen) atoms. The molecule has 1 fully saturated rings. The molecule has 0 aliphatic carbocycles. The third-order valence-corrected chi connectivity index (χ3v) is 5.99. The van der Waals surface area contributed by atoms with E-state index in [9.17, 15) is 9.59 Å². The van der Waals surface area contributed by atoms with Gasteiger partial charge >= 0.3 is 5.97 Å². The standard InChI is InChI=1S/C25H34O5/c1-19-24(26)21(25(27)30-19)14-12-10-8-6-4-2-3-5-7-9-11-13-20-15-16-22-23(17-20)29-18-28-22/h15-17,21H,1-14,18H2/t21-/m0/s1. The van der Waals surface area contributed by atoms with Gasteiger partial charge in [0.2, 0.25) is 12.6 Å². The van der Waals surface area contributed by atoms with Gasteiger partial charge < -0.3 is 14.2 Å². The Morgan fingerprint density at radius 1 is 0.800 bits per heavy atom. The maximum atomic E-state index is 11.7. The van der Waals surface area contributed by atoms with E-state index in [4.69, 9.17) is 14.2 Å². The number of fused-ring (bicyclic) bond motifs is 1. The molecular formula is C25H34O5. The Morgan fingerprint density at radius 3 is 2.03 bits per heavy atom. The third-order valence-electron chi connectivity index (χ3n) is 5.99. The summed E-state index contributed by atoms with van der Waals surface area (Å²) in [7, 11) is 0. The van der Waals surface area contributed by atoms with Crippen LogP contribution in [0, 0.1) is 5.92 Å². The van der Waals surface area contributed by atoms with Gasteiger partial charge in [0.1, 0.15) is 5.92 Å². The van der Waals surface area contributed by atoms with E-state index >= 15 is 0 Å². The van der Waals surface area contributed by atoms with E-state index in [1.54, 1.807) is 0 Å². The minimum atomic E-state index is -0.595. The van der Waals surface area contributed by atoms with Crippen LogP contribution < -0.4 is 9.47 Å². The fourth-order valence-corrected chi connectivity index (χ4v) is 4.16. The summed E-state index contributed by atoms with van der Waals surface area (Å²) in [5.74, 6) is 0.517. The van der Waals surface area contributed by atoms with Gasteiger partial charge in [-0.15, -0.1) is 0 Å². The van der Waals surface area contributed by atoms with Crippen LogP contribution in [0.5, 0.6) is 11.5 Å². The molecule has 0 spiro atoms. The number of hydrogen-bond acceptors (Lipinski definition) is 5. The van der Waals surface area contributed by atoms with Crippen molar-refractivity contribution in [3.63, 3.8) is 0 Å². The highest BCUT2D eigenvalue weighted by molar-refractivity contribution is 6.12. The highest BCUT2D eigenvalue weighted by Crippen LogP contribution is 2.33. The fourth-order valence-electron chi connectivity index (χ4n) is 4.16. The van der Waals surface area contributed by atoms with Crippen LogP contribution in [0.25, 0.3) is 0 Å². The lowest BCUT2D eigenvalue weighted by Crippen LogP contribution is -2.14. The van der Waals surface area contributed by atoms with Gasteiger partial charge in [0.05, 0.1) is 0 Å². The zero-order chi connectivity index (χ0) is 21.2. The summed E-state index contributed by atoms with van der Waals surface area (Å²) in [4.78, 5) is 23.2. The van der Waals surface area contributed by atoms with Crippen LogP contribution in [0.4, 0.5) is 0 Å². The quantitative estimate of drug-likeness (QED) is 0.164. The number of allylic oxidation sites excluding steroid dienone is 1. The fraction of sp³-hybridized carbons (Fsp3) is 0.600. The first kappa shape index (κ1) is 22.4. The Labute approximate surface area is 179 Å². The van der Waals surface area contributed by atoms with Gasteiger partial charge in [0.15, 0.2) is 17.3 Å². The normalized spacial score (nSPS) is 17.6. The average Bonchev–Trinajstić information content (AvgIpc) is 3.30. The topological polar surface area (TPSA) is 61.8 Å². The Kier molecular flexibility index (Phi) is 8.79. The monoisotopic (exact) mass is 414 g/mol. The van der Waals surface area contributed by atoms with E-state index in [0.717, 1.165) is 30.8 Å². The number of ketones is 1. The molecule has 0 radical (unpaired) electrons. The second kappa shape index (κ2) is 11.8. The lowest BCUT2D eigenvalue weighted by Gasteiger charge is -2.05. The number of cyclic esters (lactones) is 1. The van der Waals surface area contributed by atoms with Crippen LogP contribution in [0.3, 0.4) is 0 Å². The smallest absolute Gasteiger partial charge is 0.322 e. The van der Waals surface area contributed by atoms with Crippen molar-refractivity contribution < 1.29 is 23.8 Å². The van der Waals surface area contributed by atoms with Crippen LogP contribution in [0.2, 0.25) is 0 Å². The van der Waals surface area contributed by atoms with Crippen molar-refractivity contribution in [2.45, 2.75) is 83.5 Å². The number of carbonyl (C=O) groups excluding carboxylic acids is 2. The molecule has 1 aromatic rings. The van der Waals surface area contributed by atoms with Crippen molar-refractivity contribution >= 4 is 11.8 Å². The number of aryl methyl sites for hydroxylation is 1. The van der Waals surface area contributed by atoms with Crippen molar-refractivity contribution in [3.8, 4) is 11.5 Å². The summed E-state index contributed by atoms with van der Waals surface area (Å²) >= 11 is 0. The number of benzene rings is 1. The molecule has 2 aliphatic rings. The molecule has 2 heterocycles. The van der Waals surface area contributed by atoms with E-state index in [2.05, 4.69) is 18.7 Å². The zero-order valence-corrected chi connectivity index (χ0v) is 18.0. The van der Waals surface area contributed by atoms with Crippen LogP contribution in [-0.2, 0) is 20.7 Å². The predicted molar refractivity (Wildman–Crippen MR) is 115 cm³/mol. The molecule has 5 heteroatoms. The summed E-state index contributed by atoms with van der Waals surface area (Å²) in [6.45, 7) is 3.81. The molecule has 0 aromatic heterocycles. The molecule has 0 unspecified atom stereocenters. The van der Waals surface area contributed by atoms with E-state index in [1.165, 1.54) is 63.4 Å². The first-order valence-corrected chi connectivity index (χ1v) is 11.5. The molecule has 0 amide bonds. The largest absolute Gasteiger partial charge is 0.454 e. The number of ether oxygens (including phenoxy) is 3. The van der Waals surface area contributed by atoms with E-state index in [-0.39, 0.29) is 11.5 Å². The predicted octanol–water partition coefficient (Wildman–Crippen LogP) is 5.89. The molecule has 3 rings (SSSR count). The summed E-state index contributed by atoms with van der Waals surface area (Å²) in [5.41, 5.74) is 1.33. The number of rotatable bonds is 14. The van der Waals surface area contributed by atoms with Gasteiger partial charge in [0, 0.05) is 0 Å². The minimum absolute atomic E-state index is 0.0120. The zero-order valence-electron chi connectivity index (χ0n) is 18.0. The van der Waals surface area contributed by atoms with Gasteiger partial charge in [-0.3, -0.25) is 9.59 Å². The molecule has 1 saturated heterocycles. The summed E-state index contributed by atoms with van der Waals surface area (Å²) in [5, 5.41) is 0. The minimum Gasteiger partial charge on any atom is -0.454 e.